The molecule has 68 valence electrons. The molecule has 1 aromatic carbocycles. The highest BCUT2D eigenvalue weighted by Crippen LogP contribution is 2.05. The van der Waals surface area contributed by atoms with Gasteiger partial charge < -0.3 is 4.79 Å². The molecule has 0 aliphatic carbocycles. The standard InChI is InChI=1S/C12H14O/c1-11-6-8-12(9-7-11)5-3-2-4-10-13/h3,5-10H,2,4H2,1H3. The van der Waals surface area contributed by atoms with Crippen LogP contribution in [0.3, 0.4) is 0 Å². The van der Waals surface area contributed by atoms with Crippen molar-refractivity contribution in [3.05, 3.63) is 41.5 Å². The Labute approximate surface area is 79.1 Å². The molecule has 1 aromatic rings. The van der Waals surface area contributed by atoms with Crippen LogP contribution in [0.2, 0.25) is 0 Å². The fraction of sp³-hybridized carbons (Fsp3) is 0.250. The SMILES string of the molecule is Cc1ccc(C=CCCC=O)cc1. The molecule has 0 amide bonds. The van der Waals surface area contributed by atoms with E-state index in [9.17, 15) is 4.79 Å². The van der Waals surface area contributed by atoms with Gasteiger partial charge in [-0.1, -0.05) is 42.0 Å². The van der Waals surface area contributed by atoms with Gasteiger partial charge in [0.05, 0.1) is 0 Å². The molecule has 0 aromatic heterocycles. The largest absolute Gasteiger partial charge is 0.303 e. The molecule has 1 nitrogen and oxygen atoms in total. The zero-order valence-electron chi connectivity index (χ0n) is 7.86. The summed E-state index contributed by atoms with van der Waals surface area (Å²) in [6.07, 6.45) is 6.46. The molecule has 0 bridgehead atoms. The van der Waals surface area contributed by atoms with Crippen molar-refractivity contribution in [1.29, 1.82) is 0 Å². The normalized spacial score (nSPS) is 10.5. The van der Waals surface area contributed by atoms with Crippen molar-refractivity contribution in [3.8, 4) is 0 Å². The van der Waals surface area contributed by atoms with Crippen molar-refractivity contribution >= 4 is 12.4 Å². The highest BCUT2D eigenvalue weighted by atomic mass is 16.1. The first kappa shape index (κ1) is 9.72. The minimum atomic E-state index is 0.613. The van der Waals surface area contributed by atoms with Gasteiger partial charge in [-0.15, -0.1) is 0 Å². The number of hydrogen-bond acceptors (Lipinski definition) is 1. The van der Waals surface area contributed by atoms with Gasteiger partial charge in [-0.25, -0.2) is 0 Å². The molecule has 0 radical (unpaired) electrons. The van der Waals surface area contributed by atoms with Crippen molar-refractivity contribution < 1.29 is 4.79 Å². The first-order valence-corrected chi connectivity index (χ1v) is 4.50. The molecule has 1 rings (SSSR count). The van der Waals surface area contributed by atoms with E-state index in [1.165, 1.54) is 11.1 Å². The zero-order chi connectivity index (χ0) is 9.52. The van der Waals surface area contributed by atoms with Gasteiger partial charge in [-0.05, 0) is 18.9 Å². The Morgan fingerprint density at radius 2 is 1.85 bits per heavy atom. The molecule has 0 atom stereocenters. The van der Waals surface area contributed by atoms with Crippen molar-refractivity contribution in [2.24, 2.45) is 0 Å². The summed E-state index contributed by atoms with van der Waals surface area (Å²) in [6, 6.07) is 8.32. The summed E-state index contributed by atoms with van der Waals surface area (Å²) in [7, 11) is 0. The maximum absolute atomic E-state index is 10.0. The van der Waals surface area contributed by atoms with Crippen LogP contribution in [-0.4, -0.2) is 6.29 Å². The molecule has 0 heterocycles. The lowest BCUT2D eigenvalue weighted by Crippen LogP contribution is -1.74. The second kappa shape index (κ2) is 5.31. The monoisotopic (exact) mass is 174 g/mol. The quantitative estimate of drug-likeness (QED) is 0.506. The summed E-state index contributed by atoms with van der Waals surface area (Å²) >= 11 is 0. The number of benzene rings is 1. The first-order chi connectivity index (χ1) is 6.33. The summed E-state index contributed by atoms with van der Waals surface area (Å²) in [6.45, 7) is 2.07. The van der Waals surface area contributed by atoms with Gasteiger partial charge in [0.25, 0.3) is 0 Å². The number of rotatable bonds is 4. The highest BCUT2D eigenvalue weighted by Gasteiger charge is 1.85. The third-order valence-corrected chi connectivity index (χ3v) is 1.84. The van der Waals surface area contributed by atoms with Crippen LogP contribution in [0.15, 0.2) is 30.3 Å². The van der Waals surface area contributed by atoms with Crippen molar-refractivity contribution in [2.45, 2.75) is 19.8 Å². The van der Waals surface area contributed by atoms with Crippen LogP contribution < -0.4 is 0 Å². The van der Waals surface area contributed by atoms with Crippen LogP contribution in [0.25, 0.3) is 6.08 Å². The van der Waals surface area contributed by atoms with Crippen LogP contribution in [0, 0.1) is 6.92 Å². The number of unbranched alkanes of at least 4 members (excludes halogenated alkanes) is 1. The molecule has 0 unspecified atom stereocenters. The molecule has 0 aliphatic rings. The summed E-state index contributed by atoms with van der Waals surface area (Å²) in [5.74, 6) is 0. The molecule has 0 spiro atoms. The molecule has 0 saturated carbocycles. The molecule has 0 N–H and O–H groups in total. The number of allylic oxidation sites excluding steroid dienone is 1. The second-order valence-electron chi connectivity index (χ2n) is 3.06. The predicted octanol–water partition coefficient (Wildman–Crippen LogP) is 2.99. The van der Waals surface area contributed by atoms with Gasteiger partial charge in [-0.3, -0.25) is 0 Å². The van der Waals surface area contributed by atoms with Gasteiger partial charge >= 0.3 is 0 Å². The average molecular weight is 174 g/mol. The summed E-state index contributed by atoms with van der Waals surface area (Å²) in [4.78, 5) is 10.0. The topological polar surface area (TPSA) is 17.1 Å². The van der Waals surface area contributed by atoms with E-state index in [1.54, 1.807) is 0 Å². The molecule has 0 aliphatic heterocycles. The lowest BCUT2D eigenvalue weighted by atomic mass is 10.1. The minimum Gasteiger partial charge on any atom is -0.303 e. The third-order valence-electron chi connectivity index (χ3n) is 1.84. The lowest BCUT2D eigenvalue weighted by Gasteiger charge is -1.93. The van der Waals surface area contributed by atoms with Crippen molar-refractivity contribution in [3.63, 3.8) is 0 Å². The smallest absolute Gasteiger partial charge is 0.120 e. The Morgan fingerprint density at radius 1 is 1.15 bits per heavy atom. The van der Waals surface area contributed by atoms with Crippen LogP contribution >= 0.6 is 0 Å². The van der Waals surface area contributed by atoms with Crippen molar-refractivity contribution in [1.82, 2.24) is 0 Å². The van der Waals surface area contributed by atoms with E-state index in [1.807, 2.05) is 12.2 Å². The second-order valence-corrected chi connectivity index (χ2v) is 3.06. The fourth-order valence-corrected chi connectivity index (χ4v) is 1.06. The number of carbonyl (C=O) groups excluding carboxylic acids is 1. The molecule has 1 heteroatoms. The van der Waals surface area contributed by atoms with E-state index >= 15 is 0 Å². The van der Waals surface area contributed by atoms with E-state index in [4.69, 9.17) is 0 Å². The van der Waals surface area contributed by atoms with E-state index in [2.05, 4.69) is 31.2 Å². The average Bonchev–Trinajstić information content (AvgIpc) is 2.15. The van der Waals surface area contributed by atoms with Crippen LogP contribution in [0.4, 0.5) is 0 Å². The van der Waals surface area contributed by atoms with Crippen LogP contribution in [-0.2, 0) is 4.79 Å². The summed E-state index contributed by atoms with van der Waals surface area (Å²) in [5.41, 5.74) is 2.46. The Kier molecular flexibility index (Phi) is 3.97. The Bertz CT molecular complexity index is 282. The maximum atomic E-state index is 10.0. The van der Waals surface area contributed by atoms with Gasteiger partial charge in [0.2, 0.25) is 0 Å². The lowest BCUT2D eigenvalue weighted by molar-refractivity contribution is -0.107. The Balaban J connectivity index is 2.49. The number of hydrogen-bond donors (Lipinski definition) is 0. The Morgan fingerprint density at radius 3 is 2.46 bits per heavy atom. The minimum absolute atomic E-state index is 0.613. The Hall–Kier alpha value is -1.37. The van der Waals surface area contributed by atoms with E-state index in [-0.39, 0.29) is 0 Å². The number of aryl methyl sites for hydroxylation is 1. The summed E-state index contributed by atoms with van der Waals surface area (Å²) < 4.78 is 0. The van der Waals surface area contributed by atoms with E-state index in [0.717, 1.165) is 12.7 Å². The number of aldehydes is 1. The highest BCUT2D eigenvalue weighted by molar-refractivity contribution is 5.52. The third kappa shape index (κ3) is 3.70. The molecule has 0 fully saturated rings. The fourth-order valence-electron chi connectivity index (χ4n) is 1.06. The number of carbonyl (C=O) groups is 1. The van der Waals surface area contributed by atoms with E-state index in [0.29, 0.717) is 6.42 Å². The molecule has 0 saturated heterocycles. The molecular weight excluding hydrogens is 160 g/mol. The van der Waals surface area contributed by atoms with Gasteiger partial charge in [-0.2, -0.15) is 0 Å². The zero-order valence-corrected chi connectivity index (χ0v) is 7.86. The van der Waals surface area contributed by atoms with Crippen LogP contribution in [0.1, 0.15) is 24.0 Å². The van der Waals surface area contributed by atoms with Gasteiger partial charge in [0, 0.05) is 6.42 Å². The van der Waals surface area contributed by atoms with Gasteiger partial charge in [0.1, 0.15) is 6.29 Å². The van der Waals surface area contributed by atoms with E-state index < -0.39 is 0 Å². The van der Waals surface area contributed by atoms with Crippen LogP contribution in [0.5, 0.6) is 0 Å². The molecular formula is C12H14O. The molecule has 13 heavy (non-hydrogen) atoms. The first-order valence-electron chi connectivity index (χ1n) is 4.50. The predicted molar refractivity (Wildman–Crippen MR) is 55.5 cm³/mol. The van der Waals surface area contributed by atoms with Gasteiger partial charge in [0.15, 0.2) is 0 Å². The maximum Gasteiger partial charge on any atom is 0.120 e. The van der Waals surface area contributed by atoms with Crippen molar-refractivity contribution in [2.75, 3.05) is 0 Å². The summed E-state index contributed by atoms with van der Waals surface area (Å²) in [5, 5.41) is 0.